The summed E-state index contributed by atoms with van der Waals surface area (Å²) in [4.78, 5) is 14.3. The minimum absolute atomic E-state index is 0.0262. The summed E-state index contributed by atoms with van der Waals surface area (Å²) in [6, 6.07) is 7.56. The Bertz CT molecular complexity index is 401. The van der Waals surface area contributed by atoms with Crippen molar-refractivity contribution in [1.29, 1.82) is 0 Å². The maximum Gasteiger partial charge on any atom is 0.251 e. The highest BCUT2D eigenvalue weighted by Gasteiger charge is 2.17. The second-order valence-corrected chi connectivity index (χ2v) is 5.68. The van der Waals surface area contributed by atoms with Crippen molar-refractivity contribution in [3.8, 4) is 0 Å². The first-order valence-electron chi connectivity index (χ1n) is 6.54. The largest absolute Gasteiger partial charge is 0.348 e. The number of carbonyl (C=O) groups excluding carboxylic acids is 1. The number of amides is 1. The molecular formula is C15H23ClN2O. The Morgan fingerprint density at radius 1 is 1.26 bits per heavy atom. The summed E-state index contributed by atoms with van der Waals surface area (Å²) in [7, 11) is 4.02. The Labute approximate surface area is 120 Å². The minimum Gasteiger partial charge on any atom is -0.348 e. The van der Waals surface area contributed by atoms with E-state index in [1.54, 1.807) is 0 Å². The highest BCUT2D eigenvalue weighted by Crippen LogP contribution is 2.09. The summed E-state index contributed by atoms with van der Waals surface area (Å²) in [6.07, 6.45) is 0. The van der Waals surface area contributed by atoms with Crippen LogP contribution in [0.25, 0.3) is 0 Å². The van der Waals surface area contributed by atoms with Crippen molar-refractivity contribution in [2.24, 2.45) is 5.92 Å². The lowest BCUT2D eigenvalue weighted by Gasteiger charge is -2.25. The molecule has 0 saturated carbocycles. The molecule has 0 saturated heterocycles. The fourth-order valence-corrected chi connectivity index (χ4v) is 1.99. The normalized spacial score (nSPS) is 12.8. The molecule has 0 aromatic heterocycles. The van der Waals surface area contributed by atoms with Crippen molar-refractivity contribution in [1.82, 2.24) is 10.2 Å². The third-order valence-corrected chi connectivity index (χ3v) is 3.36. The van der Waals surface area contributed by atoms with E-state index in [2.05, 4.69) is 24.1 Å². The van der Waals surface area contributed by atoms with Crippen molar-refractivity contribution in [3.05, 3.63) is 35.4 Å². The molecule has 1 amide bonds. The summed E-state index contributed by atoms with van der Waals surface area (Å²) in [5, 5.41) is 3.09. The van der Waals surface area contributed by atoms with Gasteiger partial charge in [0.1, 0.15) is 0 Å². The lowest BCUT2D eigenvalue weighted by molar-refractivity contribution is 0.0916. The minimum atomic E-state index is -0.0262. The van der Waals surface area contributed by atoms with Crippen LogP contribution in [-0.4, -0.2) is 37.5 Å². The lowest BCUT2D eigenvalue weighted by Crippen LogP contribution is -2.45. The molecule has 1 unspecified atom stereocenters. The molecular weight excluding hydrogens is 260 g/mol. The van der Waals surface area contributed by atoms with Gasteiger partial charge in [-0.05, 0) is 37.7 Å². The van der Waals surface area contributed by atoms with E-state index in [9.17, 15) is 4.79 Å². The Balaban J connectivity index is 2.70. The quantitative estimate of drug-likeness (QED) is 0.814. The van der Waals surface area contributed by atoms with Gasteiger partial charge in [-0.2, -0.15) is 0 Å². The number of benzene rings is 1. The van der Waals surface area contributed by atoms with E-state index >= 15 is 0 Å². The summed E-state index contributed by atoms with van der Waals surface area (Å²) in [5.41, 5.74) is 1.70. The van der Waals surface area contributed by atoms with Crippen LogP contribution in [0, 0.1) is 5.92 Å². The number of likely N-dealkylation sites (N-methyl/N-ethyl adjacent to an activating group) is 1. The molecule has 0 fully saturated rings. The van der Waals surface area contributed by atoms with Crippen LogP contribution in [0.4, 0.5) is 0 Å². The maximum absolute atomic E-state index is 12.2. The van der Waals surface area contributed by atoms with Gasteiger partial charge in [0.2, 0.25) is 0 Å². The number of hydrogen-bond acceptors (Lipinski definition) is 2. The van der Waals surface area contributed by atoms with Crippen molar-refractivity contribution in [3.63, 3.8) is 0 Å². The van der Waals surface area contributed by atoms with Gasteiger partial charge < -0.3 is 10.2 Å². The summed E-state index contributed by atoms with van der Waals surface area (Å²) >= 11 is 5.74. The molecule has 0 radical (unpaired) electrons. The number of carbonyl (C=O) groups is 1. The predicted octanol–water partition coefficient (Wildman–Crippen LogP) is 2.74. The van der Waals surface area contributed by atoms with E-state index in [0.29, 0.717) is 17.4 Å². The Kier molecular flexibility index (Phi) is 6.32. The third kappa shape index (κ3) is 5.21. The third-order valence-electron chi connectivity index (χ3n) is 3.05. The Hall–Kier alpha value is -1.06. The van der Waals surface area contributed by atoms with Crippen molar-refractivity contribution in [2.75, 3.05) is 20.6 Å². The van der Waals surface area contributed by atoms with Crippen LogP contribution < -0.4 is 5.32 Å². The standard InChI is InChI=1S/C15H23ClN2O/c1-11(2)14(10-18(3)4)17-15(19)13-7-5-12(9-16)6-8-13/h5-8,11,14H,9-10H2,1-4H3,(H,17,19). The molecule has 0 heterocycles. The fourth-order valence-electron chi connectivity index (χ4n) is 1.81. The van der Waals surface area contributed by atoms with E-state index in [1.807, 2.05) is 38.4 Å². The highest BCUT2D eigenvalue weighted by molar-refractivity contribution is 6.17. The van der Waals surface area contributed by atoms with Gasteiger partial charge in [-0.3, -0.25) is 4.79 Å². The van der Waals surface area contributed by atoms with Gasteiger partial charge in [-0.1, -0.05) is 26.0 Å². The molecule has 0 spiro atoms. The zero-order valence-corrected chi connectivity index (χ0v) is 12.9. The molecule has 0 bridgehead atoms. The number of halogens is 1. The van der Waals surface area contributed by atoms with Gasteiger partial charge in [0, 0.05) is 24.0 Å². The number of alkyl halides is 1. The smallest absolute Gasteiger partial charge is 0.251 e. The molecule has 0 aliphatic rings. The maximum atomic E-state index is 12.2. The number of nitrogens with zero attached hydrogens (tertiary/aromatic N) is 1. The topological polar surface area (TPSA) is 32.3 Å². The van der Waals surface area contributed by atoms with Crippen LogP contribution >= 0.6 is 11.6 Å². The first-order valence-corrected chi connectivity index (χ1v) is 7.08. The lowest BCUT2D eigenvalue weighted by atomic mass is 10.0. The SMILES string of the molecule is CC(C)C(CN(C)C)NC(=O)c1ccc(CCl)cc1. The molecule has 0 aliphatic heterocycles. The van der Waals surface area contributed by atoms with Crippen LogP contribution in [0.1, 0.15) is 29.8 Å². The zero-order chi connectivity index (χ0) is 14.4. The van der Waals surface area contributed by atoms with Gasteiger partial charge in [-0.25, -0.2) is 0 Å². The molecule has 1 rings (SSSR count). The summed E-state index contributed by atoms with van der Waals surface area (Å²) in [6.45, 7) is 5.07. The van der Waals surface area contributed by atoms with Gasteiger partial charge >= 0.3 is 0 Å². The van der Waals surface area contributed by atoms with Gasteiger partial charge in [0.25, 0.3) is 5.91 Å². The van der Waals surface area contributed by atoms with Crippen LogP contribution in [0.5, 0.6) is 0 Å². The predicted molar refractivity (Wildman–Crippen MR) is 80.6 cm³/mol. The van der Waals surface area contributed by atoms with E-state index in [0.717, 1.165) is 12.1 Å². The number of hydrogen-bond donors (Lipinski definition) is 1. The average molecular weight is 283 g/mol. The molecule has 1 atom stereocenters. The molecule has 1 aromatic rings. The Morgan fingerprint density at radius 3 is 2.26 bits per heavy atom. The second kappa shape index (κ2) is 7.51. The van der Waals surface area contributed by atoms with Gasteiger partial charge in [-0.15, -0.1) is 11.6 Å². The molecule has 4 heteroatoms. The molecule has 3 nitrogen and oxygen atoms in total. The number of nitrogens with one attached hydrogen (secondary N) is 1. The first-order chi connectivity index (χ1) is 8.93. The first kappa shape index (κ1) is 16.0. The summed E-state index contributed by atoms with van der Waals surface area (Å²) in [5.74, 6) is 0.840. The van der Waals surface area contributed by atoms with E-state index in [4.69, 9.17) is 11.6 Å². The second-order valence-electron chi connectivity index (χ2n) is 5.42. The number of rotatable bonds is 6. The van der Waals surface area contributed by atoms with Crippen LogP contribution in [-0.2, 0) is 5.88 Å². The monoisotopic (exact) mass is 282 g/mol. The van der Waals surface area contributed by atoms with Crippen molar-refractivity contribution in [2.45, 2.75) is 25.8 Å². The van der Waals surface area contributed by atoms with Crippen molar-refractivity contribution < 1.29 is 4.79 Å². The summed E-state index contributed by atoms with van der Waals surface area (Å²) < 4.78 is 0. The average Bonchev–Trinajstić information content (AvgIpc) is 2.37. The fraction of sp³-hybridized carbons (Fsp3) is 0.533. The molecule has 1 N–H and O–H groups in total. The Morgan fingerprint density at radius 2 is 1.84 bits per heavy atom. The van der Waals surface area contributed by atoms with Gasteiger partial charge in [0.15, 0.2) is 0 Å². The van der Waals surface area contributed by atoms with Gasteiger partial charge in [0.05, 0.1) is 0 Å². The molecule has 19 heavy (non-hydrogen) atoms. The zero-order valence-electron chi connectivity index (χ0n) is 12.1. The van der Waals surface area contributed by atoms with Crippen LogP contribution in [0.15, 0.2) is 24.3 Å². The van der Waals surface area contributed by atoms with Crippen LogP contribution in [0.2, 0.25) is 0 Å². The molecule has 1 aromatic carbocycles. The van der Waals surface area contributed by atoms with E-state index in [1.165, 1.54) is 0 Å². The molecule has 0 aliphatic carbocycles. The van der Waals surface area contributed by atoms with Crippen molar-refractivity contribution >= 4 is 17.5 Å². The van der Waals surface area contributed by atoms with E-state index in [-0.39, 0.29) is 11.9 Å². The molecule has 106 valence electrons. The van der Waals surface area contributed by atoms with Crippen LogP contribution in [0.3, 0.4) is 0 Å². The van der Waals surface area contributed by atoms with E-state index < -0.39 is 0 Å². The highest BCUT2D eigenvalue weighted by atomic mass is 35.5.